The molecular formula is C15H12N2O2. The number of hydrogen-bond acceptors (Lipinski definition) is 4. The summed E-state index contributed by atoms with van der Waals surface area (Å²) in [7, 11) is 1.24. The predicted molar refractivity (Wildman–Crippen MR) is 73.3 cm³/mol. The van der Waals surface area contributed by atoms with Crippen molar-refractivity contribution in [1.82, 2.24) is 0 Å². The maximum Gasteiger partial charge on any atom is 0.350 e. The Morgan fingerprint density at radius 3 is 2.68 bits per heavy atom. The SMILES string of the molecule is COC(=O)/C(C#N)=C\Nc1ccc2ccccc2c1. The average Bonchev–Trinajstić information content (AvgIpc) is 2.47. The highest BCUT2D eigenvalue weighted by Crippen LogP contribution is 2.18. The zero-order chi connectivity index (χ0) is 13.7. The van der Waals surface area contributed by atoms with Crippen LogP contribution < -0.4 is 5.32 Å². The molecule has 0 bridgehead atoms. The van der Waals surface area contributed by atoms with Gasteiger partial charge in [-0.1, -0.05) is 30.3 Å². The van der Waals surface area contributed by atoms with Crippen LogP contribution in [0.25, 0.3) is 10.8 Å². The standard InChI is InChI=1S/C15H12N2O2/c1-19-15(18)13(9-16)10-17-14-7-6-11-4-2-3-5-12(11)8-14/h2-8,10,17H,1H3/b13-10-. The quantitative estimate of drug-likeness (QED) is 0.518. The van der Waals surface area contributed by atoms with Gasteiger partial charge in [0.25, 0.3) is 0 Å². The zero-order valence-corrected chi connectivity index (χ0v) is 10.4. The minimum atomic E-state index is -0.657. The van der Waals surface area contributed by atoms with Crippen LogP contribution in [-0.4, -0.2) is 13.1 Å². The average molecular weight is 252 g/mol. The Hall–Kier alpha value is -2.80. The fourth-order valence-electron chi connectivity index (χ4n) is 1.68. The van der Waals surface area contributed by atoms with E-state index in [4.69, 9.17) is 5.26 Å². The minimum absolute atomic E-state index is 0.0735. The molecule has 0 aliphatic carbocycles. The second-order valence-electron chi connectivity index (χ2n) is 3.87. The van der Waals surface area contributed by atoms with Crippen LogP contribution in [0.2, 0.25) is 0 Å². The third-order valence-corrected chi connectivity index (χ3v) is 2.66. The largest absolute Gasteiger partial charge is 0.465 e. The number of rotatable bonds is 3. The first-order chi connectivity index (χ1) is 9.24. The van der Waals surface area contributed by atoms with Crippen LogP contribution >= 0.6 is 0 Å². The molecule has 2 aromatic rings. The Morgan fingerprint density at radius 2 is 2.00 bits per heavy atom. The van der Waals surface area contributed by atoms with Gasteiger partial charge in [-0.25, -0.2) is 4.79 Å². The van der Waals surface area contributed by atoms with Gasteiger partial charge < -0.3 is 10.1 Å². The van der Waals surface area contributed by atoms with Gasteiger partial charge in [0.15, 0.2) is 5.57 Å². The topological polar surface area (TPSA) is 62.1 Å². The Kier molecular flexibility index (Phi) is 3.79. The Balaban J connectivity index is 2.24. The number of ether oxygens (including phenoxy) is 1. The van der Waals surface area contributed by atoms with E-state index in [0.29, 0.717) is 0 Å². The van der Waals surface area contributed by atoms with E-state index in [1.807, 2.05) is 42.5 Å². The number of nitrogens with one attached hydrogen (secondary N) is 1. The smallest absolute Gasteiger partial charge is 0.350 e. The first-order valence-electron chi connectivity index (χ1n) is 5.68. The van der Waals surface area contributed by atoms with Gasteiger partial charge in [0, 0.05) is 11.9 Å². The minimum Gasteiger partial charge on any atom is -0.465 e. The van der Waals surface area contributed by atoms with Crippen molar-refractivity contribution in [3.05, 3.63) is 54.2 Å². The summed E-state index contributed by atoms with van der Waals surface area (Å²) in [5.74, 6) is -0.657. The van der Waals surface area contributed by atoms with Gasteiger partial charge in [0.2, 0.25) is 0 Å². The Bertz CT molecular complexity index is 684. The fraction of sp³-hybridized carbons (Fsp3) is 0.0667. The molecule has 0 aliphatic rings. The van der Waals surface area contributed by atoms with Crippen molar-refractivity contribution in [3.63, 3.8) is 0 Å². The van der Waals surface area contributed by atoms with Gasteiger partial charge >= 0.3 is 5.97 Å². The summed E-state index contributed by atoms with van der Waals surface area (Å²) in [4.78, 5) is 11.2. The molecule has 0 aromatic heterocycles. The van der Waals surface area contributed by atoms with Gasteiger partial charge in [0.05, 0.1) is 7.11 Å². The summed E-state index contributed by atoms with van der Waals surface area (Å²) in [5.41, 5.74) is 0.728. The van der Waals surface area contributed by atoms with Gasteiger partial charge in [-0.2, -0.15) is 5.26 Å². The van der Waals surface area contributed by atoms with Gasteiger partial charge in [0.1, 0.15) is 6.07 Å². The summed E-state index contributed by atoms with van der Waals surface area (Å²) in [5, 5.41) is 13.9. The number of carbonyl (C=O) groups is 1. The Morgan fingerprint density at radius 1 is 1.26 bits per heavy atom. The van der Waals surface area contributed by atoms with E-state index in [0.717, 1.165) is 16.5 Å². The molecule has 0 spiro atoms. The van der Waals surface area contributed by atoms with Crippen LogP contribution in [0, 0.1) is 11.3 Å². The zero-order valence-electron chi connectivity index (χ0n) is 10.4. The number of nitrogens with zero attached hydrogens (tertiary/aromatic N) is 1. The summed E-state index contributed by atoms with van der Waals surface area (Å²) < 4.78 is 4.49. The fourth-order valence-corrected chi connectivity index (χ4v) is 1.68. The molecule has 0 saturated heterocycles. The molecule has 19 heavy (non-hydrogen) atoms. The number of anilines is 1. The van der Waals surface area contributed by atoms with E-state index < -0.39 is 5.97 Å². The molecule has 4 nitrogen and oxygen atoms in total. The van der Waals surface area contributed by atoms with Crippen molar-refractivity contribution in [2.24, 2.45) is 0 Å². The van der Waals surface area contributed by atoms with Crippen molar-refractivity contribution >= 4 is 22.4 Å². The molecule has 1 N–H and O–H groups in total. The summed E-state index contributed by atoms with van der Waals surface area (Å²) >= 11 is 0. The maximum absolute atomic E-state index is 11.2. The number of nitriles is 1. The van der Waals surface area contributed by atoms with Gasteiger partial charge in [-0.05, 0) is 22.9 Å². The van der Waals surface area contributed by atoms with Crippen LogP contribution in [-0.2, 0) is 9.53 Å². The molecule has 0 aliphatic heterocycles. The van der Waals surface area contributed by atoms with Crippen molar-refractivity contribution < 1.29 is 9.53 Å². The highest BCUT2D eigenvalue weighted by atomic mass is 16.5. The van der Waals surface area contributed by atoms with Crippen molar-refractivity contribution in [2.75, 3.05) is 12.4 Å². The molecule has 0 saturated carbocycles. The molecule has 0 atom stereocenters. The molecule has 2 aromatic carbocycles. The van der Waals surface area contributed by atoms with E-state index in [9.17, 15) is 4.79 Å². The first kappa shape index (κ1) is 12.7. The molecule has 94 valence electrons. The number of methoxy groups -OCH3 is 1. The Labute approximate surface area is 110 Å². The van der Waals surface area contributed by atoms with Crippen molar-refractivity contribution in [3.8, 4) is 6.07 Å². The van der Waals surface area contributed by atoms with Crippen molar-refractivity contribution in [2.45, 2.75) is 0 Å². The van der Waals surface area contributed by atoms with Crippen LogP contribution in [0.5, 0.6) is 0 Å². The number of esters is 1. The normalized spacial score (nSPS) is 10.8. The molecule has 4 heteroatoms. The summed E-state index contributed by atoms with van der Waals surface area (Å²) in [6.45, 7) is 0. The third-order valence-electron chi connectivity index (χ3n) is 2.66. The van der Waals surface area contributed by atoms with E-state index in [1.165, 1.54) is 13.3 Å². The van der Waals surface area contributed by atoms with Crippen LogP contribution in [0.15, 0.2) is 54.2 Å². The van der Waals surface area contributed by atoms with E-state index in [-0.39, 0.29) is 5.57 Å². The second kappa shape index (κ2) is 5.69. The van der Waals surface area contributed by atoms with Crippen LogP contribution in [0.4, 0.5) is 5.69 Å². The van der Waals surface area contributed by atoms with E-state index in [2.05, 4.69) is 10.1 Å². The highest BCUT2D eigenvalue weighted by molar-refractivity contribution is 5.93. The van der Waals surface area contributed by atoms with E-state index >= 15 is 0 Å². The van der Waals surface area contributed by atoms with Gasteiger partial charge in [-0.3, -0.25) is 0 Å². The third kappa shape index (κ3) is 2.90. The lowest BCUT2D eigenvalue weighted by molar-refractivity contribution is -0.135. The number of carbonyl (C=O) groups excluding carboxylic acids is 1. The van der Waals surface area contributed by atoms with Crippen LogP contribution in [0.3, 0.4) is 0 Å². The number of fused-ring (bicyclic) bond motifs is 1. The molecular weight excluding hydrogens is 240 g/mol. The second-order valence-corrected chi connectivity index (χ2v) is 3.87. The molecule has 0 radical (unpaired) electrons. The lowest BCUT2D eigenvalue weighted by Gasteiger charge is -2.04. The number of hydrogen-bond donors (Lipinski definition) is 1. The lowest BCUT2D eigenvalue weighted by Crippen LogP contribution is -2.05. The van der Waals surface area contributed by atoms with E-state index in [1.54, 1.807) is 6.07 Å². The molecule has 0 fully saturated rings. The molecule has 0 heterocycles. The van der Waals surface area contributed by atoms with Gasteiger partial charge in [-0.15, -0.1) is 0 Å². The summed E-state index contributed by atoms with van der Waals surface area (Å²) in [6, 6.07) is 15.5. The first-order valence-corrected chi connectivity index (χ1v) is 5.68. The van der Waals surface area contributed by atoms with Crippen molar-refractivity contribution in [1.29, 1.82) is 5.26 Å². The molecule has 0 unspecified atom stereocenters. The van der Waals surface area contributed by atoms with Crippen LogP contribution in [0.1, 0.15) is 0 Å². The maximum atomic E-state index is 11.2. The molecule has 2 rings (SSSR count). The lowest BCUT2D eigenvalue weighted by atomic mass is 10.1. The highest BCUT2D eigenvalue weighted by Gasteiger charge is 2.07. The monoisotopic (exact) mass is 252 g/mol. The number of benzene rings is 2. The predicted octanol–water partition coefficient (Wildman–Crippen LogP) is 2.83. The molecule has 0 amide bonds. The summed E-state index contributed by atoms with van der Waals surface area (Å²) in [6.07, 6.45) is 1.34.